The zero-order valence-corrected chi connectivity index (χ0v) is 27.7. The van der Waals surface area contributed by atoms with E-state index >= 15 is 8.78 Å². The van der Waals surface area contributed by atoms with Crippen molar-refractivity contribution in [3.05, 3.63) is 82.5 Å². The van der Waals surface area contributed by atoms with Crippen LogP contribution in [0.5, 0.6) is 5.75 Å². The molecule has 2 N–H and O–H groups in total. The normalized spacial score (nSPS) is 18.9. The second-order valence-electron chi connectivity index (χ2n) is 13.0. The van der Waals surface area contributed by atoms with Gasteiger partial charge in [0.1, 0.15) is 29.5 Å². The van der Waals surface area contributed by atoms with E-state index in [1.165, 1.54) is 24.2 Å². The van der Waals surface area contributed by atoms with Gasteiger partial charge in [-0.2, -0.15) is 30.7 Å². The van der Waals surface area contributed by atoms with Gasteiger partial charge >= 0.3 is 12.4 Å². The fourth-order valence-corrected chi connectivity index (χ4v) is 6.55. The van der Waals surface area contributed by atoms with Crippen molar-refractivity contribution in [1.82, 2.24) is 24.9 Å². The Balaban J connectivity index is 1.32. The van der Waals surface area contributed by atoms with Crippen LogP contribution in [-0.4, -0.2) is 80.6 Å². The van der Waals surface area contributed by atoms with Crippen molar-refractivity contribution >= 4 is 17.5 Å². The number of ether oxygens (including phenoxy) is 1. The fraction of sp³-hybridized carbons (Fsp3) is 0.412. The number of hydrogen-bond acceptors (Lipinski definition) is 8. The lowest BCUT2D eigenvalue weighted by Crippen LogP contribution is -2.65. The van der Waals surface area contributed by atoms with Gasteiger partial charge < -0.3 is 20.1 Å². The third-order valence-corrected chi connectivity index (χ3v) is 9.75. The molecule has 1 aliphatic carbocycles. The number of amides is 2. The van der Waals surface area contributed by atoms with E-state index in [0.717, 1.165) is 11.1 Å². The number of likely N-dealkylation sites (N-methyl/N-ethyl adjacent to an activating group) is 1. The monoisotopic (exact) mass is 740 g/mol. The first kappa shape index (κ1) is 36.9. The van der Waals surface area contributed by atoms with Gasteiger partial charge in [0.15, 0.2) is 11.6 Å². The van der Waals surface area contributed by atoms with Crippen LogP contribution in [0, 0.1) is 11.6 Å². The highest BCUT2D eigenvalue weighted by Gasteiger charge is 2.55. The van der Waals surface area contributed by atoms with Crippen molar-refractivity contribution in [3.63, 3.8) is 0 Å². The summed E-state index contributed by atoms with van der Waals surface area (Å²) in [6.07, 6.45) is -7.51. The van der Waals surface area contributed by atoms with E-state index in [1.807, 2.05) is 7.05 Å². The molecule has 1 spiro atoms. The summed E-state index contributed by atoms with van der Waals surface area (Å²) < 4.78 is 118. The topological polar surface area (TPSA) is 111 Å². The fourth-order valence-electron chi connectivity index (χ4n) is 6.55. The summed E-state index contributed by atoms with van der Waals surface area (Å²) in [6.45, 7) is 0.841. The molecular weight excluding hydrogens is 708 g/mol. The number of alkyl halides is 6. The van der Waals surface area contributed by atoms with Crippen LogP contribution in [0.1, 0.15) is 48.9 Å². The number of halogens is 8. The maximum absolute atomic E-state index is 15.5. The van der Waals surface area contributed by atoms with Gasteiger partial charge in [-0.1, -0.05) is 6.07 Å². The Morgan fingerprint density at radius 3 is 2.29 bits per heavy atom. The molecule has 2 aromatic carbocycles. The SMILES string of the molecule is CN1CCC(Oc2ccc(CN3C(=O)C(C(=O)Nc4ccc(C(F)(F)F)cc4-c4cc(C(F)(F)F)ncn4)=C(O)C4(CCC4)N3C)c(F)c2F)CC1. The molecule has 0 radical (unpaired) electrons. The molecule has 1 aromatic heterocycles. The van der Waals surface area contributed by atoms with Gasteiger partial charge in [0.25, 0.3) is 11.8 Å². The number of aliphatic hydroxyl groups is 1. The van der Waals surface area contributed by atoms with Crippen molar-refractivity contribution in [3.8, 4) is 17.0 Å². The minimum atomic E-state index is -4.98. The lowest BCUT2D eigenvalue weighted by molar-refractivity contribution is -0.172. The zero-order chi connectivity index (χ0) is 37.7. The van der Waals surface area contributed by atoms with Crippen molar-refractivity contribution in [2.45, 2.75) is 62.6 Å². The van der Waals surface area contributed by atoms with E-state index in [0.29, 0.717) is 56.9 Å². The Hall–Kier alpha value is -4.84. The molecule has 6 rings (SSSR count). The lowest BCUT2D eigenvalue weighted by Gasteiger charge is -2.54. The molecule has 1 saturated heterocycles. The van der Waals surface area contributed by atoms with Gasteiger partial charge in [0.05, 0.1) is 29.0 Å². The molecule has 3 aromatic rings. The number of hydrazine groups is 1. The van der Waals surface area contributed by atoms with Crippen molar-refractivity contribution < 1.29 is 54.6 Å². The van der Waals surface area contributed by atoms with E-state index in [1.54, 1.807) is 0 Å². The molecule has 3 aliphatic rings. The summed E-state index contributed by atoms with van der Waals surface area (Å²) in [5.41, 5.74) is -6.87. The lowest BCUT2D eigenvalue weighted by atomic mass is 9.72. The smallest absolute Gasteiger partial charge is 0.433 e. The van der Waals surface area contributed by atoms with Gasteiger partial charge in [-0.15, -0.1) is 0 Å². The predicted octanol–water partition coefficient (Wildman–Crippen LogP) is 6.49. The molecule has 52 heavy (non-hydrogen) atoms. The minimum Gasteiger partial charge on any atom is -0.509 e. The van der Waals surface area contributed by atoms with Crippen LogP contribution in [0.15, 0.2) is 54.1 Å². The molecular formula is C34H32F8N6O4. The van der Waals surface area contributed by atoms with Gasteiger partial charge in [-0.05, 0) is 69.5 Å². The number of hydrogen-bond donors (Lipinski definition) is 2. The average Bonchev–Trinajstić information content (AvgIpc) is 3.06. The minimum absolute atomic E-state index is 0.239. The van der Waals surface area contributed by atoms with Crippen LogP contribution in [0.4, 0.5) is 40.8 Å². The number of carbonyl (C=O) groups excluding carboxylic acids is 2. The Morgan fingerprint density at radius 1 is 0.981 bits per heavy atom. The number of likely N-dealkylation sites (tertiary alicyclic amines) is 1. The van der Waals surface area contributed by atoms with Gasteiger partial charge in [-0.25, -0.2) is 19.4 Å². The number of rotatable bonds is 7. The molecule has 3 heterocycles. The number of nitrogens with one attached hydrogen (secondary N) is 1. The predicted molar refractivity (Wildman–Crippen MR) is 168 cm³/mol. The average molecular weight is 741 g/mol. The number of nitrogens with zero attached hydrogens (tertiary/aromatic N) is 5. The molecule has 0 unspecified atom stereocenters. The maximum atomic E-state index is 15.5. The summed E-state index contributed by atoms with van der Waals surface area (Å²) >= 11 is 0. The molecule has 278 valence electrons. The summed E-state index contributed by atoms with van der Waals surface area (Å²) in [7, 11) is 3.36. The number of carbonyl (C=O) groups is 2. The number of aliphatic hydroxyl groups excluding tert-OH is 1. The number of benzene rings is 2. The van der Waals surface area contributed by atoms with Crippen LogP contribution in [0.2, 0.25) is 0 Å². The van der Waals surface area contributed by atoms with E-state index in [9.17, 15) is 41.0 Å². The Morgan fingerprint density at radius 2 is 1.67 bits per heavy atom. The highest BCUT2D eigenvalue weighted by molar-refractivity contribution is 6.24. The molecule has 2 fully saturated rings. The molecule has 2 aliphatic heterocycles. The molecule has 0 bridgehead atoms. The van der Waals surface area contributed by atoms with Crippen LogP contribution in [-0.2, 0) is 28.5 Å². The largest absolute Gasteiger partial charge is 0.509 e. The Kier molecular flexibility index (Phi) is 9.67. The standard InChI is InChI=1S/C34H32F8N6O4/c1-46-12-8-20(9-13-46)52-24-7-4-18(27(35)28(24)36)16-48-31(51)26(29(49)32(47(48)2)10-3-11-32)30(50)45-22-6-5-19(33(37,38)39)14-21(22)23-15-25(34(40,41)42)44-17-43-23/h4-7,14-15,17,20,49H,3,8-13,16H2,1-2H3,(H,45,50). The second-order valence-corrected chi connectivity index (χ2v) is 13.0. The van der Waals surface area contributed by atoms with Gasteiger partial charge in [-0.3, -0.25) is 14.6 Å². The van der Waals surface area contributed by atoms with E-state index in [-0.39, 0.29) is 30.3 Å². The molecule has 0 atom stereocenters. The molecule has 1 saturated carbocycles. The summed E-state index contributed by atoms with van der Waals surface area (Å²) in [5.74, 6) is -6.00. The number of piperidine rings is 1. The van der Waals surface area contributed by atoms with Gasteiger partial charge in [0, 0.05) is 31.3 Å². The van der Waals surface area contributed by atoms with E-state index in [4.69, 9.17) is 4.74 Å². The Labute approximate surface area is 291 Å². The van der Waals surface area contributed by atoms with Crippen LogP contribution < -0.4 is 10.1 Å². The first-order valence-electron chi connectivity index (χ1n) is 16.1. The Bertz CT molecular complexity index is 1920. The van der Waals surface area contributed by atoms with E-state index in [2.05, 4.69) is 20.2 Å². The quantitative estimate of drug-likeness (QED) is 0.209. The zero-order valence-electron chi connectivity index (χ0n) is 27.7. The highest BCUT2D eigenvalue weighted by Crippen LogP contribution is 2.47. The van der Waals surface area contributed by atoms with Crippen molar-refractivity contribution in [1.29, 1.82) is 0 Å². The summed E-state index contributed by atoms with van der Waals surface area (Å²) in [4.78, 5) is 36.6. The summed E-state index contributed by atoms with van der Waals surface area (Å²) in [5, 5.41) is 15.9. The summed E-state index contributed by atoms with van der Waals surface area (Å²) in [6, 6.07) is 4.68. The highest BCUT2D eigenvalue weighted by atomic mass is 19.4. The third kappa shape index (κ3) is 6.88. The number of aromatic nitrogens is 2. The molecule has 10 nitrogen and oxygen atoms in total. The second kappa shape index (κ2) is 13.6. The first-order valence-corrected chi connectivity index (χ1v) is 16.1. The third-order valence-electron chi connectivity index (χ3n) is 9.75. The van der Waals surface area contributed by atoms with Crippen molar-refractivity contribution in [2.75, 3.05) is 32.5 Å². The van der Waals surface area contributed by atoms with Crippen LogP contribution >= 0.6 is 0 Å². The first-order chi connectivity index (χ1) is 24.4. The maximum Gasteiger partial charge on any atom is 0.433 e. The van der Waals surface area contributed by atoms with Crippen molar-refractivity contribution in [2.24, 2.45) is 0 Å². The van der Waals surface area contributed by atoms with E-state index < -0.39 is 87.4 Å². The molecule has 18 heteroatoms. The van der Waals surface area contributed by atoms with Gasteiger partial charge in [0.2, 0.25) is 5.82 Å². The number of anilines is 1. The molecule has 2 amide bonds. The van der Waals surface area contributed by atoms with Crippen LogP contribution in [0.3, 0.4) is 0 Å². The van der Waals surface area contributed by atoms with Crippen LogP contribution in [0.25, 0.3) is 11.3 Å².